The molecular weight excluding hydrogens is 520 g/mol. The first-order valence-electron chi connectivity index (χ1n) is 11.4. The van der Waals surface area contributed by atoms with Gasteiger partial charge in [0, 0.05) is 16.2 Å². The third-order valence-corrected chi connectivity index (χ3v) is 6.87. The minimum absolute atomic E-state index is 0.216. The van der Waals surface area contributed by atoms with Crippen LogP contribution in [0, 0.1) is 11.6 Å². The number of anilines is 1. The zero-order chi connectivity index (χ0) is 25.1. The molecule has 0 unspecified atom stereocenters. The van der Waals surface area contributed by atoms with Crippen LogP contribution in [0.25, 0.3) is 11.1 Å². The van der Waals surface area contributed by atoms with E-state index in [0.717, 1.165) is 31.2 Å². The number of aliphatic hydroxyl groups excluding tert-OH is 2. The first kappa shape index (κ1) is 25.2. The molecule has 1 saturated carbocycles. The second-order valence-electron chi connectivity index (χ2n) is 8.81. The van der Waals surface area contributed by atoms with Gasteiger partial charge in [-0.2, -0.15) is 0 Å². The maximum atomic E-state index is 15.0. The van der Waals surface area contributed by atoms with Crippen molar-refractivity contribution in [1.29, 1.82) is 0 Å². The summed E-state index contributed by atoms with van der Waals surface area (Å²) in [5, 5.41) is 22.0. The van der Waals surface area contributed by atoms with Crippen LogP contribution in [0.15, 0.2) is 53.1 Å². The van der Waals surface area contributed by atoms with Gasteiger partial charge in [-0.25, -0.2) is 13.8 Å². The molecular formula is C26H26BrF2N3O3. The average Bonchev–Trinajstić information content (AvgIpc) is 2.82. The highest BCUT2D eigenvalue weighted by molar-refractivity contribution is 9.10. The molecule has 2 aromatic carbocycles. The summed E-state index contributed by atoms with van der Waals surface area (Å²) in [5.41, 5.74) is 8.24. The maximum Gasteiger partial charge on any atom is 0.254 e. The maximum absolute atomic E-state index is 15.0. The summed E-state index contributed by atoms with van der Waals surface area (Å²) in [7, 11) is 0. The van der Waals surface area contributed by atoms with Gasteiger partial charge in [-0.3, -0.25) is 4.79 Å². The van der Waals surface area contributed by atoms with E-state index in [0.29, 0.717) is 21.2 Å². The zero-order valence-electron chi connectivity index (χ0n) is 18.8. The number of nitrogens with one attached hydrogen (secondary N) is 1. The van der Waals surface area contributed by atoms with Gasteiger partial charge in [0.25, 0.3) is 5.91 Å². The number of nitrogen functional groups attached to an aromatic ring is 1. The largest absolute Gasteiger partial charge is 0.394 e. The summed E-state index contributed by atoms with van der Waals surface area (Å²) in [6.45, 7) is -0.492. The molecule has 0 aliphatic heterocycles. The van der Waals surface area contributed by atoms with Gasteiger partial charge in [0.2, 0.25) is 0 Å². The van der Waals surface area contributed by atoms with E-state index in [1.54, 1.807) is 18.3 Å². The van der Waals surface area contributed by atoms with Crippen molar-refractivity contribution >= 4 is 27.7 Å². The molecule has 0 spiro atoms. The Bertz CT molecular complexity index is 1210. The second kappa shape index (κ2) is 10.8. The van der Waals surface area contributed by atoms with Crippen molar-refractivity contribution in [2.75, 3.05) is 12.3 Å². The molecule has 1 amide bonds. The Labute approximate surface area is 210 Å². The molecule has 1 heterocycles. The lowest BCUT2D eigenvalue weighted by Gasteiger charge is -2.26. The zero-order valence-corrected chi connectivity index (χ0v) is 20.4. The Morgan fingerprint density at radius 2 is 1.89 bits per heavy atom. The van der Waals surface area contributed by atoms with E-state index in [1.165, 1.54) is 24.3 Å². The summed E-state index contributed by atoms with van der Waals surface area (Å²) in [6.07, 6.45) is 4.59. The Morgan fingerprint density at radius 3 is 2.54 bits per heavy atom. The van der Waals surface area contributed by atoms with Crippen LogP contribution in [0.5, 0.6) is 0 Å². The van der Waals surface area contributed by atoms with Gasteiger partial charge in [0.05, 0.1) is 24.3 Å². The van der Waals surface area contributed by atoms with E-state index in [4.69, 9.17) is 5.73 Å². The lowest BCUT2D eigenvalue weighted by atomic mass is 9.83. The number of benzene rings is 2. The fourth-order valence-electron chi connectivity index (χ4n) is 4.47. The molecule has 1 aliphatic rings. The molecule has 0 saturated heterocycles. The molecule has 6 nitrogen and oxygen atoms in total. The summed E-state index contributed by atoms with van der Waals surface area (Å²) >= 11 is 3.18. The SMILES string of the molecule is Nc1ncc([C@H]2CC[C@H](O)CC2)cc1-c1ccc(C(=O)N[C@H](CO)c2cc(F)cc(Br)c2)c(F)c1. The number of halogens is 3. The van der Waals surface area contributed by atoms with E-state index in [1.807, 2.05) is 6.07 Å². The first-order chi connectivity index (χ1) is 16.7. The van der Waals surface area contributed by atoms with Crippen LogP contribution in [0.1, 0.15) is 59.1 Å². The van der Waals surface area contributed by atoms with Crippen LogP contribution in [0.2, 0.25) is 0 Å². The molecule has 1 atom stereocenters. The van der Waals surface area contributed by atoms with Crippen LogP contribution in [0.4, 0.5) is 14.6 Å². The van der Waals surface area contributed by atoms with Crippen LogP contribution in [0.3, 0.4) is 0 Å². The van der Waals surface area contributed by atoms with Gasteiger partial charge in [-0.15, -0.1) is 0 Å². The first-order valence-corrected chi connectivity index (χ1v) is 12.2. The Balaban J connectivity index is 1.55. The van der Waals surface area contributed by atoms with Gasteiger partial charge in [-0.05, 0) is 84.7 Å². The topological polar surface area (TPSA) is 108 Å². The summed E-state index contributed by atoms with van der Waals surface area (Å²) < 4.78 is 29.2. The monoisotopic (exact) mass is 545 g/mol. The molecule has 1 fully saturated rings. The van der Waals surface area contributed by atoms with Crippen LogP contribution < -0.4 is 11.1 Å². The van der Waals surface area contributed by atoms with E-state index in [9.17, 15) is 19.4 Å². The van der Waals surface area contributed by atoms with Gasteiger partial charge >= 0.3 is 0 Å². The van der Waals surface area contributed by atoms with Crippen molar-refractivity contribution in [3.05, 3.63) is 81.5 Å². The van der Waals surface area contributed by atoms with Crippen molar-refractivity contribution < 1.29 is 23.8 Å². The second-order valence-corrected chi connectivity index (χ2v) is 9.73. The number of nitrogens with two attached hydrogens (primary N) is 1. The lowest BCUT2D eigenvalue weighted by Crippen LogP contribution is -2.31. The van der Waals surface area contributed by atoms with Gasteiger partial charge in [-0.1, -0.05) is 22.0 Å². The quantitative estimate of drug-likeness (QED) is 0.354. The number of carbonyl (C=O) groups is 1. The van der Waals surface area contributed by atoms with Crippen molar-refractivity contribution in [3.63, 3.8) is 0 Å². The molecule has 1 aromatic heterocycles. The summed E-state index contributed by atoms with van der Waals surface area (Å²) in [6, 6.07) is 9.16. The van der Waals surface area contributed by atoms with E-state index >= 15 is 4.39 Å². The Hall–Kier alpha value is -2.88. The molecule has 1 aliphatic carbocycles. The summed E-state index contributed by atoms with van der Waals surface area (Å²) in [4.78, 5) is 17.0. The van der Waals surface area contributed by atoms with Crippen molar-refractivity contribution in [1.82, 2.24) is 10.3 Å². The Morgan fingerprint density at radius 1 is 1.14 bits per heavy atom. The average molecular weight is 546 g/mol. The normalized spacial score (nSPS) is 18.8. The van der Waals surface area contributed by atoms with Gasteiger partial charge in [0.1, 0.15) is 17.5 Å². The van der Waals surface area contributed by atoms with Crippen molar-refractivity contribution in [2.24, 2.45) is 0 Å². The number of carbonyl (C=O) groups excluding carboxylic acids is 1. The highest BCUT2D eigenvalue weighted by Crippen LogP contribution is 2.36. The number of pyridine rings is 1. The van der Waals surface area contributed by atoms with Crippen LogP contribution in [-0.2, 0) is 0 Å². The van der Waals surface area contributed by atoms with E-state index in [2.05, 4.69) is 26.2 Å². The molecule has 0 radical (unpaired) electrons. The molecule has 35 heavy (non-hydrogen) atoms. The molecule has 9 heteroatoms. The highest BCUT2D eigenvalue weighted by Gasteiger charge is 2.23. The predicted octanol–water partition coefficient (Wildman–Crippen LogP) is 4.85. The van der Waals surface area contributed by atoms with Gasteiger partial charge < -0.3 is 21.3 Å². The number of hydrogen-bond donors (Lipinski definition) is 4. The lowest BCUT2D eigenvalue weighted by molar-refractivity contribution is 0.0912. The molecule has 0 bridgehead atoms. The van der Waals surface area contributed by atoms with Crippen molar-refractivity contribution in [3.8, 4) is 11.1 Å². The number of aromatic nitrogens is 1. The number of rotatable bonds is 6. The predicted molar refractivity (Wildman–Crippen MR) is 133 cm³/mol. The van der Waals surface area contributed by atoms with Crippen molar-refractivity contribution in [2.45, 2.75) is 43.7 Å². The standard InChI is InChI=1S/C26H26BrF2N3O3/c27-18-7-16(8-19(28)11-18)24(13-33)32-26(35)21-6-3-15(10-23(21)29)22-9-17(12-31-25(22)30)14-1-4-20(34)5-2-14/h3,6-12,14,20,24,33-34H,1-2,4-5,13H2,(H2,30,31)(H,32,35)/t14-,20-,24-/m1/s1. The third kappa shape index (κ3) is 5.86. The smallest absolute Gasteiger partial charge is 0.254 e. The van der Waals surface area contributed by atoms with E-state index in [-0.39, 0.29) is 23.4 Å². The summed E-state index contributed by atoms with van der Waals surface area (Å²) in [5.74, 6) is -1.54. The van der Waals surface area contributed by atoms with E-state index < -0.39 is 30.2 Å². The molecule has 3 aromatic rings. The highest BCUT2D eigenvalue weighted by atomic mass is 79.9. The minimum atomic E-state index is -0.917. The number of nitrogens with zero attached hydrogens (tertiary/aromatic N) is 1. The third-order valence-electron chi connectivity index (χ3n) is 6.41. The molecule has 4 rings (SSSR count). The molecule has 184 valence electrons. The fourth-order valence-corrected chi connectivity index (χ4v) is 4.95. The van der Waals surface area contributed by atoms with Gasteiger partial charge in [0.15, 0.2) is 0 Å². The number of hydrogen-bond acceptors (Lipinski definition) is 5. The number of aliphatic hydroxyl groups is 2. The van der Waals surface area contributed by atoms with Crippen LogP contribution >= 0.6 is 15.9 Å². The van der Waals surface area contributed by atoms with Crippen LogP contribution in [-0.4, -0.2) is 33.8 Å². The fraction of sp³-hybridized carbons (Fsp3) is 0.308. The number of amides is 1. The Kier molecular flexibility index (Phi) is 7.78. The minimum Gasteiger partial charge on any atom is -0.394 e. The molecule has 5 N–H and O–H groups in total.